The molecular weight excluding hydrogens is 322 g/mol. The average Bonchev–Trinajstić information content (AvgIpc) is 3.18. The van der Waals surface area contributed by atoms with Gasteiger partial charge in [-0.1, -0.05) is 18.3 Å². The van der Waals surface area contributed by atoms with Crippen LogP contribution in [0.1, 0.15) is 30.7 Å². The molecule has 1 atom stereocenters. The number of aromatic nitrogens is 4. The number of anilines is 1. The summed E-state index contributed by atoms with van der Waals surface area (Å²) in [5.41, 5.74) is 12.2. The molecular formula is C17H17N5OS. The maximum Gasteiger partial charge on any atom is 0.181 e. The molecule has 0 fully saturated rings. The molecule has 4 aromatic rings. The monoisotopic (exact) mass is 339 g/mol. The van der Waals surface area contributed by atoms with Crippen LogP contribution in [0, 0.1) is 6.92 Å². The zero-order valence-corrected chi connectivity index (χ0v) is 14.2. The summed E-state index contributed by atoms with van der Waals surface area (Å²) in [4.78, 5) is 16.5. The zero-order valence-electron chi connectivity index (χ0n) is 13.4. The van der Waals surface area contributed by atoms with Crippen LogP contribution in [0.25, 0.3) is 32.4 Å². The highest BCUT2D eigenvalue weighted by Gasteiger charge is 2.16. The number of hydrogen-bond acceptors (Lipinski definition) is 6. The maximum absolute atomic E-state index is 10.00. The number of fused-ring (bicyclic) bond motifs is 3. The summed E-state index contributed by atoms with van der Waals surface area (Å²) >= 11 is 1.45. The van der Waals surface area contributed by atoms with Gasteiger partial charge >= 0.3 is 0 Å². The molecule has 6 nitrogen and oxygen atoms in total. The van der Waals surface area contributed by atoms with Crippen molar-refractivity contribution in [3.8, 4) is 11.1 Å². The Bertz CT molecular complexity index is 1050. The Kier molecular flexibility index (Phi) is 3.47. The zero-order chi connectivity index (χ0) is 16.8. The van der Waals surface area contributed by atoms with Gasteiger partial charge in [0.15, 0.2) is 5.13 Å². The van der Waals surface area contributed by atoms with Crippen LogP contribution in [0.5, 0.6) is 0 Å². The summed E-state index contributed by atoms with van der Waals surface area (Å²) < 4.78 is 1.01. The first-order valence-electron chi connectivity index (χ1n) is 7.75. The molecule has 7 heteroatoms. The molecule has 0 aliphatic rings. The SMILES string of the molecule is CC[C@@H](O)c1cc(C)c(-c2cc3nc(N)sc3c3[nH]cnc23)cn1. The summed E-state index contributed by atoms with van der Waals surface area (Å²) in [6, 6.07) is 3.94. The fourth-order valence-corrected chi connectivity index (χ4v) is 3.78. The van der Waals surface area contributed by atoms with E-state index in [1.54, 1.807) is 12.5 Å². The van der Waals surface area contributed by atoms with Gasteiger partial charge < -0.3 is 15.8 Å². The first-order chi connectivity index (χ1) is 11.6. The van der Waals surface area contributed by atoms with Gasteiger partial charge in [0.2, 0.25) is 0 Å². The van der Waals surface area contributed by atoms with Gasteiger partial charge in [0, 0.05) is 17.3 Å². The van der Waals surface area contributed by atoms with E-state index in [1.165, 1.54) is 11.3 Å². The summed E-state index contributed by atoms with van der Waals surface area (Å²) in [6.45, 7) is 3.95. The van der Waals surface area contributed by atoms with Gasteiger partial charge in [0.05, 0.1) is 39.4 Å². The summed E-state index contributed by atoms with van der Waals surface area (Å²) in [5, 5.41) is 10.5. The number of aliphatic hydroxyl groups is 1. The highest BCUT2D eigenvalue weighted by molar-refractivity contribution is 7.22. The Morgan fingerprint density at radius 2 is 2.12 bits per heavy atom. The minimum absolute atomic E-state index is 0.536. The predicted molar refractivity (Wildman–Crippen MR) is 96.9 cm³/mol. The van der Waals surface area contributed by atoms with Crippen molar-refractivity contribution in [2.45, 2.75) is 26.4 Å². The number of benzene rings is 1. The Balaban J connectivity index is 1.96. The molecule has 0 aliphatic carbocycles. The van der Waals surface area contributed by atoms with Crippen LogP contribution in [0.4, 0.5) is 5.13 Å². The highest BCUT2D eigenvalue weighted by atomic mass is 32.1. The molecule has 122 valence electrons. The van der Waals surface area contributed by atoms with Crippen molar-refractivity contribution in [1.29, 1.82) is 0 Å². The lowest BCUT2D eigenvalue weighted by Crippen LogP contribution is -2.00. The van der Waals surface area contributed by atoms with E-state index in [0.717, 1.165) is 37.9 Å². The molecule has 0 aliphatic heterocycles. The lowest BCUT2D eigenvalue weighted by Gasteiger charge is -2.12. The van der Waals surface area contributed by atoms with Crippen LogP contribution in [0.15, 0.2) is 24.7 Å². The fraction of sp³-hybridized carbons (Fsp3) is 0.235. The van der Waals surface area contributed by atoms with E-state index in [-0.39, 0.29) is 0 Å². The van der Waals surface area contributed by atoms with Gasteiger partial charge in [-0.05, 0) is 31.0 Å². The largest absolute Gasteiger partial charge is 0.387 e. The number of aliphatic hydroxyl groups excluding tert-OH is 1. The molecule has 4 rings (SSSR count). The van der Waals surface area contributed by atoms with Crippen LogP contribution < -0.4 is 5.73 Å². The second-order valence-corrected chi connectivity index (χ2v) is 6.83. The number of aromatic amines is 1. The summed E-state index contributed by atoms with van der Waals surface area (Å²) in [5.74, 6) is 0. The maximum atomic E-state index is 10.00. The lowest BCUT2D eigenvalue weighted by molar-refractivity contribution is 0.169. The third-order valence-corrected chi connectivity index (χ3v) is 5.14. The minimum atomic E-state index is -0.538. The standard InChI is InChI=1S/C17H17N5OS/c1-3-13(23)11-4-8(2)10(6-19-11)9-5-12-16(24-17(18)22-12)15-14(9)20-7-21-15/h4-7,13,23H,3H2,1-2H3,(H2,18,22)(H,20,21)/t13-/m1/s1. The smallest absolute Gasteiger partial charge is 0.181 e. The molecule has 0 amide bonds. The number of rotatable bonds is 3. The average molecular weight is 339 g/mol. The molecule has 0 bridgehead atoms. The van der Waals surface area contributed by atoms with Crippen LogP contribution in [0.2, 0.25) is 0 Å². The van der Waals surface area contributed by atoms with E-state index in [1.807, 2.05) is 26.0 Å². The Morgan fingerprint density at radius 3 is 2.88 bits per heavy atom. The number of pyridine rings is 1. The number of hydrogen-bond donors (Lipinski definition) is 3. The molecule has 0 radical (unpaired) electrons. The first-order valence-corrected chi connectivity index (χ1v) is 8.57. The van der Waals surface area contributed by atoms with Gasteiger partial charge in [0.1, 0.15) is 0 Å². The number of nitrogen functional groups attached to an aromatic ring is 1. The predicted octanol–water partition coefficient (Wildman–Crippen LogP) is 3.57. The molecule has 0 saturated heterocycles. The molecule has 0 spiro atoms. The molecule has 0 saturated carbocycles. The number of nitrogens with two attached hydrogens (primary N) is 1. The number of nitrogens with one attached hydrogen (secondary N) is 1. The second kappa shape index (κ2) is 5.54. The number of imidazole rings is 1. The highest BCUT2D eigenvalue weighted by Crippen LogP contribution is 2.37. The lowest BCUT2D eigenvalue weighted by atomic mass is 9.99. The fourth-order valence-electron chi connectivity index (χ4n) is 2.96. The van der Waals surface area contributed by atoms with Gasteiger partial charge in [-0.15, -0.1) is 0 Å². The topological polar surface area (TPSA) is 101 Å². The van der Waals surface area contributed by atoms with Gasteiger partial charge in [-0.3, -0.25) is 4.98 Å². The van der Waals surface area contributed by atoms with E-state index in [9.17, 15) is 5.11 Å². The number of aryl methyl sites for hydroxylation is 1. The van der Waals surface area contributed by atoms with Crippen molar-refractivity contribution < 1.29 is 5.11 Å². The number of H-pyrrole nitrogens is 1. The molecule has 1 aromatic carbocycles. The third kappa shape index (κ3) is 2.24. The van der Waals surface area contributed by atoms with Crippen LogP contribution in [-0.2, 0) is 0 Å². The van der Waals surface area contributed by atoms with Crippen molar-refractivity contribution >= 4 is 37.7 Å². The third-order valence-electron chi connectivity index (χ3n) is 4.22. The molecule has 3 aromatic heterocycles. The molecule has 0 unspecified atom stereocenters. The van der Waals surface area contributed by atoms with Gasteiger partial charge in [0.25, 0.3) is 0 Å². The Labute approximate surface area is 142 Å². The van der Waals surface area contributed by atoms with Crippen molar-refractivity contribution in [2.75, 3.05) is 5.73 Å². The minimum Gasteiger partial charge on any atom is -0.387 e. The number of thiazole rings is 1. The first kappa shape index (κ1) is 15.0. The molecule has 4 N–H and O–H groups in total. The van der Waals surface area contributed by atoms with Crippen molar-refractivity contribution in [2.24, 2.45) is 0 Å². The van der Waals surface area contributed by atoms with E-state index < -0.39 is 6.10 Å². The van der Waals surface area contributed by atoms with Crippen LogP contribution >= 0.6 is 11.3 Å². The second-order valence-electron chi connectivity index (χ2n) is 5.80. The quantitative estimate of drug-likeness (QED) is 0.530. The van der Waals surface area contributed by atoms with Crippen LogP contribution in [0.3, 0.4) is 0 Å². The summed E-state index contributed by atoms with van der Waals surface area (Å²) in [6.07, 6.45) is 3.58. The van der Waals surface area contributed by atoms with E-state index >= 15 is 0 Å². The Morgan fingerprint density at radius 1 is 1.29 bits per heavy atom. The van der Waals surface area contributed by atoms with Crippen molar-refractivity contribution in [1.82, 2.24) is 19.9 Å². The van der Waals surface area contributed by atoms with Gasteiger partial charge in [-0.2, -0.15) is 0 Å². The normalized spacial score (nSPS) is 13.0. The van der Waals surface area contributed by atoms with Crippen molar-refractivity contribution in [3.05, 3.63) is 35.9 Å². The van der Waals surface area contributed by atoms with E-state index in [0.29, 0.717) is 17.2 Å². The van der Waals surface area contributed by atoms with Crippen LogP contribution in [-0.4, -0.2) is 25.0 Å². The van der Waals surface area contributed by atoms with E-state index in [2.05, 4.69) is 19.9 Å². The molecule has 24 heavy (non-hydrogen) atoms. The summed E-state index contributed by atoms with van der Waals surface area (Å²) in [7, 11) is 0. The van der Waals surface area contributed by atoms with E-state index in [4.69, 9.17) is 5.73 Å². The Hall–Kier alpha value is -2.51. The van der Waals surface area contributed by atoms with Crippen molar-refractivity contribution in [3.63, 3.8) is 0 Å². The molecule has 3 heterocycles. The number of nitrogens with zero attached hydrogens (tertiary/aromatic N) is 3. The van der Waals surface area contributed by atoms with Gasteiger partial charge in [-0.25, -0.2) is 9.97 Å².